The third-order valence-corrected chi connectivity index (χ3v) is 4.01. The predicted octanol–water partition coefficient (Wildman–Crippen LogP) is 4.71. The second kappa shape index (κ2) is 6.37. The molecule has 3 rings (SSSR count). The number of hydrogen-bond acceptors (Lipinski definition) is 2. The van der Waals surface area contributed by atoms with Crippen molar-refractivity contribution in [2.24, 2.45) is 0 Å². The number of anilines is 1. The number of aryl methyl sites for hydroxylation is 1. The fourth-order valence-corrected chi connectivity index (χ4v) is 2.72. The molecule has 0 fully saturated rings. The van der Waals surface area contributed by atoms with Crippen LogP contribution in [0.15, 0.2) is 66.7 Å². The fourth-order valence-electron chi connectivity index (χ4n) is 2.72. The Labute approximate surface area is 136 Å². The monoisotopic (exact) mass is 298 g/mol. The molecule has 0 saturated carbocycles. The molecule has 0 aliphatic heterocycles. The molecule has 3 aromatic rings. The molecule has 0 aromatic heterocycles. The van der Waals surface area contributed by atoms with Crippen LogP contribution in [0.2, 0.25) is 0 Å². The first kappa shape index (κ1) is 14.9. The maximum absolute atomic E-state index is 9.14. The highest BCUT2D eigenvalue weighted by Gasteiger charge is 2.09. The SMILES string of the molecule is Cc1ccc(Cc2ccccc2-c2cc(C#N)ccc2N)cc1. The molecule has 0 aliphatic rings. The van der Waals surface area contributed by atoms with Gasteiger partial charge in [0.1, 0.15) is 0 Å². The van der Waals surface area contributed by atoms with Gasteiger partial charge in [0.15, 0.2) is 0 Å². The molecule has 0 unspecified atom stereocenters. The van der Waals surface area contributed by atoms with Crippen LogP contribution in [0.25, 0.3) is 11.1 Å². The molecule has 0 amide bonds. The highest BCUT2D eigenvalue weighted by Crippen LogP contribution is 2.31. The van der Waals surface area contributed by atoms with E-state index in [2.05, 4.69) is 49.4 Å². The molecule has 23 heavy (non-hydrogen) atoms. The quantitative estimate of drug-likeness (QED) is 0.712. The summed E-state index contributed by atoms with van der Waals surface area (Å²) < 4.78 is 0. The van der Waals surface area contributed by atoms with Crippen LogP contribution in [0.5, 0.6) is 0 Å². The van der Waals surface area contributed by atoms with E-state index in [0.717, 1.165) is 17.5 Å². The standard InChI is InChI=1S/C21H18N2/c1-15-6-8-16(9-7-15)12-18-4-2-3-5-19(18)20-13-17(14-22)10-11-21(20)23/h2-11,13H,12,23H2,1H3. The van der Waals surface area contributed by atoms with Crippen LogP contribution in [-0.4, -0.2) is 0 Å². The van der Waals surface area contributed by atoms with Gasteiger partial charge in [-0.3, -0.25) is 0 Å². The molecule has 2 N–H and O–H groups in total. The van der Waals surface area contributed by atoms with Gasteiger partial charge in [-0.05, 0) is 48.2 Å². The van der Waals surface area contributed by atoms with Crippen molar-refractivity contribution in [1.82, 2.24) is 0 Å². The van der Waals surface area contributed by atoms with E-state index >= 15 is 0 Å². The van der Waals surface area contributed by atoms with Crippen LogP contribution in [0.4, 0.5) is 5.69 Å². The molecule has 0 aliphatic carbocycles. The van der Waals surface area contributed by atoms with Crippen LogP contribution in [0.3, 0.4) is 0 Å². The van der Waals surface area contributed by atoms with E-state index in [4.69, 9.17) is 11.0 Å². The predicted molar refractivity (Wildman–Crippen MR) is 95.0 cm³/mol. The van der Waals surface area contributed by atoms with Gasteiger partial charge in [0.2, 0.25) is 0 Å². The minimum absolute atomic E-state index is 0.624. The normalized spacial score (nSPS) is 10.3. The zero-order valence-electron chi connectivity index (χ0n) is 13.1. The molecule has 2 nitrogen and oxygen atoms in total. The van der Waals surface area contributed by atoms with Gasteiger partial charge in [-0.25, -0.2) is 0 Å². The van der Waals surface area contributed by atoms with Gasteiger partial charge < -0.3 is 5.73 Å². The van der Waals surface area contributed by atoms with Gasteiger partial charge >= 0.3 is 0 Å². The van der Waals surface area contributed by atoms with Crippen molar-refractivity contribution in [3.8, 4) is 17.2 Å². The number of nitrogens with two attached hydrogens (primary N) is 1. The van der Waals surface area contributed by atoms with Crippen LogP contribution in [0.1, 0.15) is 22.3 Å². The second-order valence-corrected chi connectivity index (χ2v) is 5.73. The molecule has 3 aromatic carbocycles. The number of nitriles is 1. The van der Waals surface area contributed by atoms with Crippen molar-refractivity contribution in [1.29, 1.82) is 5.26 Å². The fraction of sp³-hybridized carbons (Fsp3) is 0.0952. The largest absolute Gasteiger partial charge is 0.398 e. The maximum Gasteiger partial charge on any atom is 0.0991 e. The van der Waals surface area contributed by atoms with E-state index in [9.17, 15) is 0 Å². The Morgan fingerprint density at radius 1 is 0.913 bits per heavy atom. The minimum Gasteiger partial charge on any atom is -0.398 e. The number of nitrogens with zero attached hydrogens (tertiary/aromatic N) is 1. The van der Waals surface area contributed by atoms with E-state index in [1.165, 1.54) is 16.7 Å². The van der Waals surface area contributed by atoms with Gasteiger partial charge in [-0.1, -0.05) is 54.1 Å². The molecule has 0 radical (unpaired) electrons. The second-order valence-electron chi connectivity index (χ2n) is 5.73. The lowest BCUT2D eigenvalue weighted by atomic mass is 9.93. The number of benzene rings is 3. The van der Waals surface area contributed by atoms with E-state index in [1.54, 1.807) is 12.1 Å². The van der Waals surface area contributed by atoms with Crippen molar-refractivity contribution < 1.29 is 0 Å². The Bertz CT molecular complexity index is 871. The van der Waals surface area contributed by atoms with E-state index < -0.39 is 0 Å². The molecule has 0 spiro atoms. The van der Waals surface area contributed by atoms with Gasteiger partial charge in [-0.2, -0.15) is 5.26 Å². The molecule has 0 heterocycles. The first-order chi connectivity index (χ1) is 11.2. The molecule has 0 saturated heterocycles. The number of nitrogen functional groups attached to an aromatic ring is 1. The zero-order chi connectivity index (χ0) is 16.2. The Morgan fingerprint density at radius 3 is 2.39 bits per heavy atom. The topological polar surface area (TPSA) is 49.8 Å². The van der Waals surface area contributed by atoms with Crippen LogP contribution >= 0.6 is 0 Å². The molecule has 112 valence electrons. The summed E-state index contributed by atoms with van der Waals surface area (Å²) >= 11 is 0. The summed E-state index contributed by atoms with van der Waals surface area (Å²) in [5, 5.41) is 9.14. The Morgan fingerprint density at radius 2 is 1.65 bits per heavy atom. The zero-order valence-corrected chi connectivity index (χ0v) is 13.1. The number of hydrogen-bond donors (Lipinski definition) is 1. The maximum atomic E-state index is 9.14. The van der Waals surface area contributed by atoms with Crippen molar-refractivity contribution in [2.75, 3.05) is 5.73 Å². The van der Waals surface area contributed by atoms with Crippen molar-refractivity contribution in [3.63, 3.8) is 0 Å². The minimum atomic E-state index is 0.624. The first-order valence-electron chi connectivity index (χ1n) is 7.61. The lowest BCUT2D eigenvalue weighted by molar-refractivity contribution is 1.19. The summed E-state index contributed by atoms with van der Waals surface area (Å²) in [6.07, 6.45) is 0.840. The van der Waals surface area contributed by atoms with Crippen molar-refractivity contribution in [2.45, 2.75) is 13.3 Å². The molecule has 2 heteroatoms. The van der Waals surface area contributed by atoms with Gasteiger partial charge in [0, 0.05) is 11.3 Å². The lowest BCUT2D eigenvalue weighted by Crippen LogP contribution is -1.96. The lowest BCUT2D eigenvalue weighted by Gasteiger charge is -2.12. The number of rotatable bonds is 3. The van der Waals surface area contributed by atoms with Crippen LogP contribution < -0.4 is 5.73 Å². The third-order valence-electron chi connectivity index (χ3n) is 4.01. The average Bonchev–Trinajstić information content (AvgIpc) is 2.58. The summed E-state index contributed by atoms with van der Waals surface area (Å²) in [6.45, 7) is 2.09. The van der Waals surface area contributed by atoms with E-state index in [1.807, 2.05) is 18.2 Å². The molecule has 0 atom stereocenters. The third kappa shape index (κ3) is 3.25. The summed E-state index contributed by atoms with van der Waals surface area (Å²) in [5.74, 6) is 0. The van der Waals surface area contributed by atoms with Crippen molar-refractivity contribution >= 4 is 5.69 Å². The molecule has 0 bridgehead atoms. The first-order valence-corrected chi connectivity index (χ1v) is 7.61. The summed E-state index contributed by atoms with van der Waals surface area (Å²) in [4.78, 5) is 0. The highest BCUT2D eigenvalue weighted by atomic mass is 14.6. The Kier molecular flexibility index (Phi) is 4.12. The Hall–Kier alpha value is -3.05. The summed E-state index contributed by atoms with van der Waals surface area (Å²) in [6, 6.07) is 24.4. The van der Waals surface area contributed by atoms with Crippen LogP contribution in [-0.2, 0) is 6.42 Å². The van der Waals surface area contributed by atoms with Gasteiger partial charge in [0.25, 0.3) is 0 Å². The van der Waals surface area contributed by atoms with Gasteiger partial charge in [-0.15, -0.1) is 0 Å². The molecular formula is C21H18N2. The van der Waals surface area contributed by atoms with Crippen molar-refractivity contribution in [3.05, 3.63) is 89.0 Å². The average molecular weight is 298 g/mol. The smallest absolute Gasteiger partial charge is 0.0991 e. The van der Waals surface area contributed by atoms with E-state index in [-0.39, 0.29) is 0 Å². The summed E-state index contributed by atoms with van der Waals surface area (Å²) in [7, 11) is 0. The Balaban J connectivity index is 2.05. The van der Waals surface area contributed by atoms with Gasteiger partial charge in [0.05, 0.1) is 11.6 Å². The highest BCUT2D eigenvalue weighted by molar-refractivity contribution is 5.80. The van der Waals surface area contributed by atoms with Crippen LogP contribution in [0, 0.1) is 18.3 Å². The summed E-state index contributed by atoms with van der Waals surface area (Å²) in [5.41, 5.74) is 13.2. The molecular weight excluding hydrogens is 280 g/mol. The van der Waals surface area contributed by atoms with E-state index in [0.29, 0.717) is 11.3 Å².